The molecule has 27 heavy (non-hydrogen) atoms. The van der Waals surface area contributed by atoms with Crippen molar-refractivity contribution in [3.05, 3.63) is 59.2 Å². The molecule has 2 aromatic heterocycles. The van der Waals surface area contributed by atoms with Crippen molar-refractivity contribution in [1.29, 1.82) is 0 Å². The van der Waals surface area contributed by atoms with E-state index in [2.05, 4.69) is 45.4 Å². The number of carbonyl (C=O) groups is 1. The van der Waals surface area contributed by atoms with Gasteiger partial charge in [0, 0.05) is 24.5 Å². The molecule has 1 fully saturated rings. The second kappa shape index (κ2) is 7.10. The number of hydrogen-bond acceptors (Lipinski definition) is 4. The van der Waals surface area contributed by atoms with Crippen LogP contribution in [0, 0.1) is 13.8 Å². The average molecular weight is 363 g/mol. The maximum absolute atomic E-state index is 12.9. The second-order valence-corrected chi connectivity index (χ2v) is 7.52. The van der Waals surface area contributed by atoms with Crippen LogP contribution in [0.3, 0.4) is 0 Å². The van der Waals surface area contributed by atoms with Gasteiger partial charge in [-0.2, -0.15) is 4.98 Å². The van der Waals surface area contributed by atoms with Gasteiger partial charge in [0.2, 0.25) is 5.82 Å². The topological polar surface area (TPSA) is 63.4 Å². The third kappa shape index (κ3) is 3.44. The molecule has 0 atom stereocenters. The first-order valence-electron chi connectivity index (χ1n) is 9.56. The van der Waals surface area contributed by atoms with E-state index in [4.69, 9.17) is 0 Å². The molecule has 3 aromatic rings. The lowest BCUT2D eigenvalue weighted by atomic mass is 9.81. The van der Waals surface area contributed by atoms with Crippen LogP contribution in [0.15, 0.2) is 36.4 Å². The molecule has 2 heterocycles. The van der Waals surface area contributed by atoms with Gasteiger partial charge in [-0.3, -0.25) is 4.79 Å². The van der Waals surface area contributed by atoms with E-state index >= 15 is 0 Å². The van der Waals surface area contributed by atoms with Gasteiger partial charge >= 0.3 is 0 Å². The first-order chi connectivity index (χ1) is 13.0. The molecule has 1 aromatic carbocycles. The molecule has 1 aliphatic rings. The van der Waals surface area contributed by atoms with Crippen molar-refractivity contribution in [1.82, 2.24) is 24.5 Å². The number of hydrogen-bond donors (Lipinski definition) is 0. The Hall–Kier alpha value is -2.76. The number of aryl methyl sites for hydroxylation is 2. The van der Waals surface area contributed by atoms with Gasteiger partial charge in [0.25, 0.3) is 11.7 Å². The first-order valence-corrected chi connectivity index (χ1v) is 9.56. The van der Waals surface area contributed by atoms with Crippen LogP contribution in [-0.4, -0.2) is 43.5 Å². The number of amides is 1. The predicted octanol–water partition coefficient (Wildman–Crippen LogP) is 3.54. The van der Waals surface area contributed by atoms with Crippen molar-refractivity contribution in [3.8, 4) is 0 Å². The highest BCUT2D eigenvalue weighted by atomic mass is 16.2. The van der Waals surface area contributed by atoms with E-state index in [-0.39, 0.29) is 17.8 Å². The molecule has 1 amide bonds. The number of aromatic nitrogens is 4. The van der Waals surface area contributed by atoms with E-state index in [0.29, 0.717) is 11.7 Å². The zero-order chi connectivity index (χ0) is 19.0. The summed E-state index contributed by atoms with van der Waals surface area (Å²) in [5, 5.41) is 4.38. The molecule has 4 rings (SSSR count). The summed E-state index contributed by atoms with van der Waals surface area (Å²) in [5.74, 6) is 1.18. The maximum atomic E-state index is 12.9. The Kier molecular flexibility index (Phi) is 4.64. The highest BCUT2D eigenvalue weighted by Gasteiger charge is 2.29. The third-order valence-corrected chi connectivity index (χ3v) is 5.65. The Morgan fingerprint density at radius 1 is 1.07 bits per heavy atom. The van der Waals surface area contributed by atoms with Gasteiger partial charge in [0.15, 0.2) is 0 Å². The van der Waals surface area contributed by atoms with Crippen LogP contribution < -0.4 is 0 Å². The molecule has 1 aliphatic carbocycles. The number of carbonyl (C=O) groups excluding carboxylic acids is 1. The zero-order valence-electron chi connectivity index (χ0n) is 16.1. The quantitative estimate of drug-likeness (QED) is 0.714. The molecular formula is C21H25N5O. The minimum Gasteiger partial charge on any atom is -0.336 e. The highest BCUT2D eigenvalue weighted by Crippen LogP contribution is 2.34. The predicted molar refractivity (Wildman–Crippen MR) is 104 cm³/mol. The minimum atomic E-state index is -0.124. The molecule has 6 nitrogen and oxygen atoms in total. The Morgan fingerprint density at radius 2 is 1.78 bits per heavy atom. The summed E-state index contributed by atoms with van der Waals surface area (Å²) in [7, 11) is 1.87. The molecule has 0 spiro atoms. The van der Waals surface area contributed by atoms with Gasteiger partial charge in [-0.1, -0.05) is 30.3 Å². The van der Waals surface area contributed by atoms with Gasteiger partial charge < -0.3 is 4.90 Å². The molecule has 0 N–H and O–H groups in total. The molecule has 0 radical (unpaired) electrons. The number of rotatable bonds is 3. The fourth-order valence-corrected chi connectivity index (χ4v) is 4.10. The van der Waals surface area contributed by atoms with Gasteiger partial charge in [-0.15, -0.1) is 5.10 Å². The van der Waals surface area contributed by atoms with E-state index in [1.807, 2.05) is 31.9 Å². The summed E-state index contributed by atoms with van der Waals surface area (Å²) in [6.45, 7) is 3.86. The smallest absolute Gasteiger partial charge is 0.293 e. The number of fused-ring (bicyclic) bond motifs is 1. The summed E-state index contributed by atoms with van der Waals surface area (Å²) in [5.41, 5.74) is 3.21. The van der Waals surface area contributed by atoms with Crippen LogP contribution in [0.4, 0.5) is 0 Å². The van der Waals surface area contributed by atoms with Gasteiger partial charge in [0.05, 0.1) is 0 Å². The van der Waals surface area contributed by atoms with Crippen molar-refractivity contribution in [3.63, 3.8) is 0 Å². The molecule has 140 valence electrons. The first kappa shape index (κ1) is 17.6. The zero-order valence-corrected chi connectivity index (χ0v) is 16.1. The summed E-state index contributed by atoms with van der Waals surface area (Å²) in [6.07, 6.45) is 4.21. The van der Waals surface area contributed by atoms with Crippen molar-refractivity contribution < 1.29 is 4.79 Å². The van der Waals surface area contributed by atoms with E-state index in [1.54, 1.807) is 4.52 Å². The number of nitrogens with zero attached hydrogens (tertiary/aromatic N) is 5. The van der Waals surface area contributed by atoms with E-state index in [1.165, 1.54) is 5.56 Å². The standard InChI is InChI=1S/C21H25N5O/c1-14-13-15(2)26-21(22-14)23-19(24-26)20(27)25(3)18-11-9-17(10-12-18)16-7-5-4-6-8-16/h4-8,13,17-18H,9-12H2,1-3H3. The second-order valence-electron chi connectivity index (χ2n) is 7.52. The van der Waals surface area contributed by atoms with Crippen LogP contribution in [0.5, 0.6) is 0 Å². The van der Waals surface area contributed by atoms with Gasteiger partial charge in [0.1, 0.15) is 0 Å². The third-order valence-electron chi connectivity index (χ3n) is 5.65. The monoisotopic (exact) mass is 363 g/mol. The summed E-state index contributed by atoms with van der Waals surface area (Å²) < 4.78 is 1.64. The summed E-state index contributed by atoms with van der Waals surface area (Å²) in [6, 6.07) is 12.8. The Bertz CT molecular complexity index is 957. The highest BCUT2D eigenvalue weighted by molar-refractivity contribution is 5.90. The fraction of sp³-hybridized carbons (Fsp3) is 0.429. The van der Waals surface area contributed by atoms with Crippen LogP contribution >= 0.6 is 0 Å². The Morgan fingerprint density at radius 3 is 2.48 bits per heavy atom. The number of benzene rings is 1. The van der Waals surface area contributed by atoms with E-state index < -0.39 is 0 Å². The van der Waals surface area contributed by atoms with E-state index in [0.717, 1.165) is 37.1 Å². The molecule has 0 aliphatic heterocycles. The lowest BCUT2D eigenvalue weighted by Gasteiger charge is -2.34. The molecule has 1 saturated carbocycles. The average Bonchev–Trinajstić information content (AvgIpc) is 3.12. The molecule has 6 heteroatoms. The van der Waals surface area contributed by atoms with Crippen LogP contribution in [0.25, 0.3) is 5.78 Å². The Balaban J connectivity index is 1.46. The van der Waals surface area contributed by atoms with Crippen LogP contribution in [0.2, 0.25) is 0 Å². The SMILES string of the molecule is Cc1cc(C)n2nc(C(=O)N(C)C3CCC(c4ccccc4)CC3)nc2n1. The Labute approximate surface area is 159 Å². The lowest BCUT2D eigenvalue weighted by molar-refractivity contribution is 0.0677. The minimum absolute atomic E-state index is 0.124. The van der Waals surface area contributed by atoms with Gasteiger partial charge in [-0.05, 0) is 57.1 Å². The van der Waals surface area contributed by atoms with Crippen molar-refractivity contribution in [2.24, 2.45) is 0 Å². The lowest BCUT2D eigenvalue weighted by Crippen LogP contribution is -2.39. The molecular weight excluding hydrogens is 338 g/mol. The fourth-order valence-electron chi connectivity index (χ4n) is 4.10. The van der Waals surface area contributed by atoms with Gasteiger partial charge in [-0.25, -0.2) is 9.50 Å². The normalized spacial score (nSPS) is 20.0. The summed E-state index contributed by atoms with van der Waals surface area (Å²) >= 11 is 0. The van der Waals surface area contributed by atoms with Crippen LogP contribution in [-0.2, 0) is 0 Å². The maximum Gasteiger partial charge on any atom is 0.293 e. The molecule has 0 bridgehead atoms. The van der Waals surface area contributed by atoms with Crippen LogP contribution in [0.1, 0.15) is 59.2 Å². The van der Waals surface area contributed by atoms with Crippen molar-refractivity contribution in [2.45, 2.75) is 51.5 Å². The molecule has 0 saturated heterocycles. The van der Waals surface area contributed by atoms with E-state index in [9.17, 15) is 4.79 Å². The molecule has 0 unspecified atom stereocenters. The van der Waals surface area contributed by atoms with Crippen molar-refractivity contribution in [2.75, 3.05) is 7.05 Å². The largest absolute Gasteiger partial charge is 0.336 e. The summed E-state index contributed by atoms with van der Waals surface area (Å²) in [4.78, 5) is 23.5. The van der Waals surface area contributed by atoms with Crippen molar-refractivity contribution >= 4 is 11.7 Å².